The van der Waals surface area contributed by atoms with Gasteiger partial charge in [0.15, 0.2) is 0 Å². The maximum atomic E-state index is 5.60. The summed E-state index contributed by atoms with van der Waals surface area (Å²) >= 11 is 0. The Bertz CT molecular complexity index is 593. The number of para-hydroxylation sites is 2. The van der Waals surface area contributed by atoms with E-state index in [1.807, 2.05) is 37.3 Å². The number of hydrogen-bond acceptors (Lipinski definition) is 5. The van der Waals surface area contributed by atoms with Crippen LogP contribution < -0.4 is 15.4 Å². The highest BCUT2D eigenvalue weighted by Crippen LogP contribution is 2.26. The quantitative estimate of drug-likeness (QED) is 0.874. The molecule has 5 heteroatoms. The van der Waals surface area contributed by atoms with Gasteiger partial charge in [-0.15, -0.1) is 0 Å². The molecule has 0 radical (unpaired) electrons. The molecule has 0 fully saturated rings. The Morgan fingerprint density at radius 3 is 2.62 bits per heavy atom. The second-order valence-corrected chi connectivity index (χ2v) is 5.69. The van der Waals surface area contributed by atoms with E-state index in [1.165, 1.54) is 0 Å². The first-order chi connectivity index (χ1) is 9.98. The number of ether oxygens (including phenoxy) is 1. The van der Waals surface area contributed by atoms with E-state index in [0.717, 1.165) is 17.3 Å². The number of nitrogens with zero attached hydrogens (tertiary/aromatic N) is 2. The van der Waals surface area contributed by atoms with Gasteiger partial charge in [0.1, 0.15) is 11.6 Å². The van der Waals surface area contributed by atoms with Crippen LogP contribution in [0.4, 0.5) is 17.5 Å². The number of anilines is 3. The molecule has 1 heterocycles. The van der Waals surface area contributed by atoms with Crippen LogP contribution >= 0.6 is 0 Å². The molecular formula is C16H22N4O. The van der Waals surface area contributed by atoms with Crippen molar-refractivity contribution in [3.63, 3.8) is 0 Å². The number of rotatable bonds is 5. The van der Waals surface area contributed by atoms with E-state index >= 15 is 0 Å². The fourth-order valence-corrected chi connectivity index (χ4v) is 1.81. The molecule has 0 aliphatic heterocycles. The van der Waals surface area contributed by atoms with E-state index in [2.05, 4.69) is 41.4 Å². The van der Waals surface area contributed by atoms with E-state index < -0.39 is 0 Å². The lowest BCUT2D eigenvalue weighted by Crippen LogP contribution is -2.27. The number of hydrogen-bond donors (Lipinski definition) is 2. The second-order valence-electron chi connectivity index (χ2n) is 5.69. The van der Waals surface area contributed by atoms with Gasteiger partial charge in [-0.2, -0.15) is 4.98 Å². The molecule has 1 aromatic heterocycles. The zero-order chi connectivity index (χ0) is 15.3. The molecule has 112 valence electrons. The normalized spacial score (nSPS) is 11.0. The summed E-state index contributed by atoms with van der Waals surface area (Å²) in [5, 5.41) is 6.52. The first-order valence-corrected chi connectivity index (χ1v) is 7.08. The molecule has 0 amide bonds. The summed E-state index contributed by atoms with van der Waals surface area (Å²) in [6, 6.07) is 9.63. The van der Waals surface area contributed by atoms with Gasteiger partial charge in [0.25, 0.3) is 0 Å². The van der Waals surface area contributed by atoms with Crippen LogP contribution in [0.1, 0.15) is 27.7 Å². The highest BCUT2D eigenvalue weighted by Gasteiger charge is 2.11. The SMILES string of the molecule is CCOc1ccccc1Nc1ccnc(NC(C)(C)C)n1. The lowest BCUT2D eigenvalue weighted by Gasteiger charge is -2.20. The summed E-state index contributed by atoms with van der Waals surface area (Å²) < 4.78 is 5.60. The van der Waals surface area contributed by atoms with Crippen molar-refractivity contribution in [3.8, 4) is 5.75 Å². The smallest absolute Gasteiger partial charge is 0.225 e. The Hall–Kier alpha value is -2.30. The molecule has 0 bridgehead atoms. The molecule has 2 aromatic rings. The molecule has 0 atom stereocenters. The van der Waals surface area contributed by atoms with Crippen LogP contribution in [-0.2, 0) is 0 Å². The molecule has 1 aromatic carbocycles. The van der Waals surface area contributed by atoms with Crippen molar-refractivity contribution in [1.29, 1.82) is 0 Å². The largest absolute Gasteiger partial charge is 0.492 e. The third-order valence-corrected chi connectivity index (χ3v) is 2.59. The Balaban J connectivity index is 2.18. The average Bonchev–Trinajstić information content (AvgIpc) is 2.40. The van der Waals surface area contributed by atoms with Crippen molar-refractivity contribution < 1.29 is 4.74 Å². The Morgan fingerprint density at radius 2 is 1.90 bits per heavy atom. The summed E-state index contributed by atoms with van der Waals surface area (Å²) in [4.78, 5) is 8.70. The van der Waals surface area contributed by atoms with E-state index in [0.29, 0.717) is 12.6 Å². The first-order valence-electron chi connectivity index (χ1n) is 7.08. The van der Waals surface area contributed by atoms with Crippen LogP contribution in [0.25, 0.3) is 0 Å². The predicted molar refractivity (Wildman–Crippen MR) is 86.3 cm³/mol. The molecule has 0 unspecified atom stereocenters. The maximum Gasteiger partial charge on any atom is 0.225 e. The van der Waals surface area contributed by atoms with Crippen LogP contribution in [0, 0.1) is 0 Å². The van der Waals surface area contributed by atoms with Crippen molar-refractivity contribution in [2.24, 2.45) is 0 Å². The van der Waals surface area contributed by atoms with Crippen LogP contribution in [0.15, 0.2) is 36.5 Å². The highest BCUT2D eigenvalue weighted by molar-refractivity contribution is 5.64. The van der Waals surface area contributed by atoms with Crippen molar-refractivity contribution in [2.45, 2.75) is 33.2 Å². The molecule has 0 aliphatic rings. The van der Waals surface area contributed by atoms with E-state index in [4.69, 9.17) is 4.74 Å². The van der Waals surface area contributed by atoms with Gasteiger partial charge in [-0.1, -0.05) is 12.1 Å². The van der Waals surface area contributed by atoms with Gasteiger partial charge >= 0.3 is 0 Å². The third kappa shape index (κ3) is 4.63. The maximum absolute atomic E-state index is 5.60. The Morgan fingerprint density at radius 1 is 1.14 bits per heavy atom. The van der Waals surface area contributed by atoms with Gasteiger partial charge in [0.05, 0.1) is 12.3 Å². The average molecular weight is 286 g/mol. The highest BCUT2D eigenvalue weighted by atomic mass is 16.5. The zero-order valence-corrected chi connectivity index (χ0v) is 13.0. The molecular weight excluding hydrogens is 264 g/mol. The summed E-state index contributed by atoms with van der Waals surface area (Å²) in [5.74, 6) is 2.13. The molecule has 2 rings (SSSR count). The molecule has 5 nitrogen and oxygen atoms in total. The summed E-state index contributed by atoms with van der Waals surface area (Å²) in [6.07, 6.45) is 1.73. The molecule has 2 N–H and O–H groups in total. The van der Waals surface area contributed by atoms with Crippen molar-refractivity contribution in [3.05, 3.63) is 36.5 Å². The van der Waals surface area contributed by atoms with Crippen molar-refractivity contribution in [2.75, 3.05) is 17.2 Å². The van der Waals surface area contributed by atoms with Gasteiger partial charge in [-0.3, -0.25) is 0 Å². The minimum atomic E-state index is -0.0815. The Kier molecular flexibility index (Phi) is 4.62. The lowest BCUT2D eigenvalue weighted by molar-refractivity contribution is 0.342. The minimum Gasteiger partial charge on any atom is -0.492 e. The second kappa shape index (κ2) is 6.43. The molecule has 21 heavy (non-hydrogen) atoms. The monoisotopic (exact) mass is 286 g/mol. The molecule has 0 aliphatic carbocycles. The van der Waals surface area contributed by atoms with Gasteiger partial charge < -0.3 is 15.4 Å². The summed E-state index contributed by atoms with van der Waals surface area (Å²) in [7, 11) is 0. The number of nitrogens with one attached hydrogen (secondary N) is 2. The molecule has 0 saturated carbocycles. The molecule has 0 spiro atoms. The fourth-order valence-electron chi connectivity index (χ4n) is 1.81. The fraction of sp³-hybridized carbons (Fsp3) is 0.375. The van der Waals surface area contributed by atoms with Crippen LogP contribution in [0.3, 0.4) is 0 Å². The predicted octanol–water partition coefficient (Wildman–Crippen LogP) is 3.83. The van der Waals surface area contributed by atoms with Crippen LogP contribution in [-0.4, -0.2) is 22.1 Å². The summed E-state index contributed by atoms with van der Waals surface area (Å²) in [5.41, 5.74) is 0.807. The van der Waals surface area contributed by atoms with E-state index in [1.54, 1.807) is 6.20 Å². The number of benzene rings is 1. The van der Waals surface area contributed by atoms with Gasteiger partial charge in [0.2, 0.25) is 5.95 Å². The van der Waals surface area contributed by atoms with Gasteiger partial charge in [-0.05, 0) is 45.9 Å². The zero-order valence-electron chi connectivity index (χ0n) is 13.0. The molecule has 0 saturated heterocycles. The van der Waals surface area contributed by atoms with Crippen LogP contribution in [0.2, 0.25) is 0 Å². The van der Waals surface area contributed by atoms with Gasteiger partial charge in [-0.25, -0.2) is 4.98 Å². The van der Waals surface area contributed by atoms with Gasteiger partial charge in [0, 0.05) is 11.7 Å². The van der Waals surface area contributed by atoms with Crippen LogP contribution in [0.5, 0.6) is 5.75 Å². The lowest BCUT2D eigenvalue weighted by atomic mass is 10.1. The minimum absolute atomic E-state index is 0.0815. The summed E-state index contributed by atoms with van der Waals surface area (Å²) in [6.45, 7) is 8.80. The first kappa shape index (κ1) is 15.1. The van der Waals surface area contributed by atoms with Crippen molar-refractivity contribution >= 4 is 17.5 Å². The van der Waals surface area contributed by atoms with E-state index in [9.17, 15) is 0 Å². The van der Waals surface area contributed by atoms with Crippen molar-refractivity contribution in [1.82, 2.24) is 9.97 Å². The standard InChI is InChI=1S/C16H22N4O/c1-5-21-13-9-7-6-8-12(13)18-14-10-11-17-15(19-14)20-16(2,3)4/h6-11H,5H2,1-4H3,(H2,17,18,19,20). The Labute approximate surface area is 125 Å². The topological polar surface area (TPSA) is 59.1 Å². The van der Waals surface area contributed by atoms with E-state index in [-0.39, 0.29) is 5.54 Å². The number of aromatic nitrogens is 2. The third-order valence-electron chi connectivity index (χ3n) is 2.59.